The number of carbonyl (C=O) groups excluding carboxylic acids is 2. The van der Waals surface area contributed by atoms with Crippen LogP contribution in [0.2, 0.25) is 5.02 Å². The van der Waals surface area contributed by atoms with Gasteiger partial charge in [-0.2, -0.15) is 0 Å². The zero-order valence-corrected chi connectivity index (χ0v) is 16.1. The second-order valence-electron chi connectivity index (χ2n) is 6.30. The maximum absolute atomic E-state index is 13.0. The minimum Gasteiger partial charge on any atom is -0.344 e. The summed E-state index contributed by atoms with van der Waals surface area (Å²) in [5, 5.41) is 3.48. The van der Waals surface area contributed by atoms with Gasteiger partial charge >= 0.3 is 0 Å². The largest absolute Gasteiger partial charge is 0.344 e. The molecular formula is C20H21ClN2O2S. The van der Waals surface area contributed by atoms with Crippen LogP contribution in [0.15, 0.2) is 53.4 Å². The second-order valence-corrected chi connectivity index (χ2v) is 7.83. The zero-order chi connectivity index (χ0) is 18.5. The fraction of sp³-hybridized carbons (Fsp3) is 0.300. The third-order valence-corrected chi connectivity index (χ3v) is 5.71. The molecule has 2 aromatic rings. The van der Waals surface area contributed by atoms with Gasteiger partial charge in [0.2, 0.25) is 11.8 Å². The predicted molar refractivity (Wildman–Crippen MR) is 105 cm³/mol. The lowest BCUT2D eigenvalue weighted by Gasteiger charge is -2.32. The molecule has 0 bridgehead atoms. The van der Waals surface area contributed by atoms with Crippen LogP contribution in [-0.4, -0.2) is 35.1 Å². The summed E-state index contributed by atoms with van der Waals surface area (Å²) in [6.07, 6.45) is 0.846. The lowest BCUT2D eigenvalue weighted by molar-refractivity contribution is -0.136. The highest BCUT2D eigenvalue weighted by Gasteiger charge is 2.28. The molecule has 1 aliphatic heterocycles. The molecule has 1 unspecified atom stereocenters. The van der Waals surface area contributed by atoms with Crippen molar-refractivity contribution in [3.05, 3.63) is 64.7 Å². The molecule has 2 amide bonds. The lowest BCUT2D eigenvalue weighted by Crippen LogP contribution is -2.50. The summed E-state index contributed by atoms with van der Waals surface area (Å²) in [6.45, 7) is 2.72. The molecule has 0 fully saturated rings. The quantitative estimate of drug-likeness (QED) is 0.797. The van der Waals surface area contributed by atoms with Crippen molar-refractivity contribution in [3.63, 3.8) is 0 Å². The van der Waals surface area contributed by atoms with Gasteiger partial charge in [-0.1, -0.05) is 35.9 Å². The minimum absolute atomic E-state index is 0.0313. The van der Waals surface area contributed by atoms with Crippen LogP contribution < -0.4 is 5.32 Å². The number of rotatable bonds is 5. The highest BCUT2D eigenvalue weighted by Crippen LogP contribution is 2.23. The van der Waals surface area contributed by atoms with Gasteiger partial charge in [0, 0.05) is 35.7 Å². The molecule has 4 nitrogen and oxygen atoms in total. The molecule has 26 heavy (non-hydrogen) atoms. The SMILES string of the molecule is CC(=O)NC(CSc1ccc(Cl)cc1)C(=O)N1CCc2ccccc2C1. The Labute approximate surface area is 162 Å². The first kappa shape index (κ1) is 18.8. The Hall–Kier alpha value is -1.98. The first-order chi connectivity index (χ1) is 12.5. The van der Waals surface area contributed by atoms with Crippen LogP contribution in [0.4, 0.5) is 0 Å². The molecule has 2 aromatic carbocycles. The number of hydrogen-bond donors (Lipinski definition) is 1. The van der Waals surface area contributed by atoms with E-state index in [1.54, 1.807) is 0 Å². The maximum atomic E-state index is 13.0. The highest BCUT2D eigenvalue weighted by molar-refractivity contribution is 7.99. The Morgan fingerprint density at radius 3 is 2.54 bits per heavy atom. The van der Waals surface area contributed by atoms with E-state index in [0.29, 0.717) is 23.9 Å². The topological polar surface area (TPSA) is 49.4 Å². The fourth-order valence-electron chi connectivity index (χ4n) is 3.03. The van der Waals surface area contributed by atoms with Crippen molar-refractivity contribution in [2.75, 3.05) is 12.3 Å². The van der Waals surface area contributed by atoms with Gasteiger partial charge in [0.15, 0.2) is 0 Å². The van der Waals surface area contributed by atoms with Crippen molar-refractivity contribution < 1.29 is 9.59 Å². The van der Waals surface area contributed by atoms with Crippen molar-refractivity contribution in [1.29, 1.82) is 0 Å². The number of hydrogen-bond acceptors (Lipinski definition) is 3. The van der Waals surface area contributed by atoms with Gasteiger partial charge in [0.05, 0.1) is 0 Å². The molecule has 1 aliphatic rings. The summed E-state index contributed by atoms with van der Waals surface area (Å²) >= 11 is 7.45. The molecule has 136 valence electrons. The van der Waals surface area contributed by atoms with Crippen molar-refractivity contribution >= 4 is 35.2 Å². The van der Waals surface area contributed by atoms with E-state index >= 15 is 0 Å². The summed E-state index contributed by atoms with van der Waals surface area (Å²) in [7, 11) is 0. The van der Waals surface area contributed by atoms with Gasteiger partial charge in [-0.25, -0.2) is 0 Å². The van der Waals surface area contributed by atoms with E-state index in [1.165, 1.54) is 29.8 Å². The van der Waals surface area contributed by atoms with Crippen LogP contribution >= 0.6 is 23.4 Å². The van der Waals surface area contributed by atoms with Gasteiger partial charge in [-0.15, -0.1) is 11.8 Å². The summed E-state index contributed by atoms with van der Waals surface area (Å²) in [6, 6.07) is 15.1. The van der Waals surface area contributed by atoms with E-state index < -0.39 is 6.04 Å². The summed E-state index contributed by atoms with van der Waals surface area (Å²) in [4.78, 5) is 27.4. The van der Waals surface area contributed by atoms with E-state index in [-0.39, 0.29) is 11.8 Å². The normalized spacial score (nSPS) is 14.5. The fourth-order valence-corrected chi connectivity index (χ4v) is 4.07. The first-order valence-corrected chi connectivity index (χ1v) is 9.90. The number of amides is 2. The third kappa shape index (κ3) is 4.80. The van der Waals surface area contributed by atoms with E-state index in [4.69, 9.17) is 11.6 Å². The maximum Gasteiger partial charge on any atom is 0.246 e. The minimum atomic E-state index is -0.543. The Balaban J connectivity index is 1.67. The monoisotopic (exact) mass is 388 g/mol. The Kier molecular flexibility index (Phi) is 6.22. The lowest BCUT2D eigenvalue weighted by atomic mass is 9.99. The van der Waals surface area contributed by atoms with Gasteiger partial charge < -0.3 is 10.2 Å². The average molecular weight is 389 g/mol. The molecule has 1 N–H and O–H groups in total. The van der Waals surface area contributed by atoms with Crippen molar-refractivity contribution in [3.8, 4) is 0 Å². The molecule has 3 rings (SSSR count). The van der Waals surface area contributed by atoms with Crippen LogP contribution in [0.5, 0.6) is 0 Å². The average Bonchev–Trinajstić information content (AvgIpc) is 2.65. The number of carbonyl (C=O) groups is 2. The molecule has 0 saturated carbocycles. The van der Waals surface area contributed by atoms with Gasteiger partial charge in [-0.3, -0.25) is 9.59 Å². The van der Waals surface area contributed by atoms with Crippen molar-refractivity contribution in [1.82, 2.24) is 10.2 Å². The van der Waals surface area contributed by atoms with Gasteiger partial charge in [0.1, 0.15) is 6.04 Å². The number of nitrogens with zero attached hydrogens (tertiary/aromatic N) is 1. The zero-order valence-electron chi connectivity index (χ0n) is 14.6. The van der Waals surface area contributed by atoms with Crippen LogP contribution in [0, 0.1) is 0 Å². The standard InChI is InChI=1S/C20H21ClN2O2S/c1-14(24)22-19(13-26-18-8-6-17(21)7-9-18)20(25)23-11-10-15-4-2-3-5-16(15)12-23/h2-9,19H,10-13H2,1H3,(H,22,24). The molecule has 0 radical (unpaired) electrons. The van der Waals surface area contributed by atoms with E-state index in [0.717, 1.165) is 11.3 Å². The first-order valence-electron chi connectivity index (χ1n) is 8.54. The predicted octanol–water partition coefficient (Wildman–Crippen LogP) is 3.52. The Morgan fingerprint density at radius 2 is 1.85 bits per heavy atom. The second kappa shape index (κ2) is 8.60. The van der Waals surface area contributed by atoms with E-state index in [9.17, 15) is 9.59 Å². The molecule has 0 saturated heterocycles. The summed E-state index contributed by atoms with van der Waals surface area (Å²) in [5.74, 6) is 0.256. The number of benzene rings is 2. The molecule has 1 heterocycles. The van der Waals surface area contributed by atoms with Gasteiger partial charge in [0.25, 0.3) is 0 Å². The molecule has 6 heteroatoms. The van der Waals surface area contributed by atoms with Crippen LogP contribution in [0.25, 0.3) is 0 Å². The Bertz CT molecular complexity index is 795. The van der Waals surface area contributed by atoms with Crippen molar-refractivity contribution in [2.24, 2.45) is 0 Å². The highest BCUT2D eigenvalue weighted by atomic mass is 35.5. The number of nitrogens with one attached hydrogen (secondary N) is 1. The molecule has 0 spiro atoms. The summed E-state index contributed by atoms with van der Waals surface area (Å²) in [5.41, 5.74) is 2.47. The Morgan fingerprint density at radius 1 is 1.15 bits per heavy atom. The van der Waals surface area contributed by atoms with Crippen LogP contribution in [0.3, 0.4) is 0 Å². The number of fused-ring (bicyclic) bond motifs is 1. The van der Waals surface area contributed by atoms with E-state index in [2.05, 4.69) is 17.4 Å². The molecule has 0 aromatic heterocycles. The van der Waals surface area contributed by atoms with E-state index in [1.807, 2.05) is 41.3 Å². The van der Waals surface area contributed by atoms with Crippen LogP contribution in [-0.2, 0) is 22.6 Å². The number of halogens is 1. The molecular weight excluding hydrogens is 368 g/mol. The molecule has 1 atom stereocenters. The van der Waals surface area contributed by atoms with Crippen LogP contribution in [0.1, 0.15) is 18.1 Å². The molecule has 0 aliphatic carbocycles. The third-order valence-electron chi connectivity index (χ3n) is 4.35. The smallest absolute Gasteiger partial charge is 0.246 e. The van der Waals surface area contributed by atoms with Crippen molar-refractivity contribution in [2.45, 2.75) is 30.8 Å². The van der Waals surface area contributed by atoms with Gasteiger partial charge in [-0.05, 0) is 41.8 Å². The summed E-state index contributed by atoms with van der Waals surface area (Å²) < 4.78 is 0. The number of thioether (sulfide) groups is 1.